The predicted molar refractivity (Wildman–Crippen MR) is 93.3 cm³/mol. The van der Waals surface area contributed by atoms with Gasteiger partial charge in [-0.15, -0.1) is 0 Å². The van der Waals surface area contributed by atoms with Crippen LogP contribution in [0, 0.1) is 0 Å². The highest BCUT2D eigenvalue weighted by atomic mass is 16.3. The Balaban J connectivity index is 3.53. The van der Waals surface area contributed by atoms with Crippen LogP contribution in [0.2, 0.25) is 0 Å². The molecule has 0 spiro atoms. The van der Waals surface area contributed by atoms with Crippen molar-refractivity contribution in [1.29, 1.82) is 0 Å². The summed E-state index contributed by atoms with van der Waals surface area (Å²) in [6.45, 7) is 19.6. The van der Waals surface area contributed by atoms with Crippen LogP contribution in [0.15, 0.2) is 23.3 Å². The second-order valence-electron chi connectivity index (χ2n) is 8.48. The Labute approximate surface area is 131 Å². The third-order valence-corrected chi connectivity index (χ3v) is 4.15. The molecule has 0 atom stereocenters. The van der Waals surface area contributed by atoms with Crippen LogP contribution in [-0.2, 0) is 17.3 Å². The number of hydrogen-bond acceptors (Lipinski definition) is 1. The second-order valence-corrected chi connectivity index (χ2v) is 8.48. The first kappa shape index (κ1) is 17.8. The summed E-state index contributed by atoms with van der Waals surface area (Å²) in [4.78, 5) is 0. The van der Waals surface area contributed by atoms with Gasteiger partial charge in [0.1, 0.15) is 5.75 Å². The van der Waals surface area contributed by atoms with Gasteiger partial charge >= 0.3 is 0 Å². The third kappa shape index (κ3) is 4.36. The maximum absolute atomic E-state index is 10.4. The van der Waals surface area contributed by atoms with Gasteiger partial charge in [0, 0.05) is 0 Å². The molecule has 1 N–H and O–H groups in total. The second kappa shape index (κ2) is 5.87. The predicted octanol–water partition coefficient (Wildman–Crippen LogP) is 5.89. The van der Waals surface area contributed by atoms with E-state index in [0.717, 1.165) is 12.0 Å². The Morgan fingerprint density at radius 3 is 1.71 bits per heavy atom. The molecule has 118 valence electrons. The van der Waals surface area contributed by atoms with Gasteiger partial charge in [-0.25, -0.2) is 0 Å². The number of rotatable bonds is 2. The Morgan fingerprint density at radius 1 is 0.857 bits per heavy atom. The zero-order chi connectivity index (χ0) is 16.6. The van der Waals surface area contributed by atoms with Crippen molar-refractivity contribution < 1.29 is 5.11 Å². The number of aromatic hydroxyl groups is 1. The topological polar surface area (TPSA) is 20.2 Å². The summed E-state index contributed by atoms with van der Waals surface area (Å²) in [5.74, 6) is 0.422. The lowest BCUT2D eigenvalue weighted by molar-refractivity contribution is 0.442. The summed E-state index contributed by atoms with van der Waals surface area (Å²) in [7, 11) is 0. The minimum absolute atomic E-state index is 0.0329. The molecule has 0 aromatic heterocycles. The van der Waals surface area contributed by atoms with Gasteiger partial charge in [-0.1, -0.05) is 58.8 Å². The lowest BCUT2D eigenvalue weighted by Gasteiger charge is -2.28. The number of phenols is 1. The van der Waals surface area contributed by atoms with E-state index in [-0.39, 0.29) is 10.8 Å². The number of allylic oxidation sites excluding steroid dienone is 2. The summed E-state index contributed by atoms with van der Waals surface area (Å²) in [5.41, 5.74) is 6.38. The molecule has 0 saturated carbocycles. The van der Waals surface area contributed by atoms with Crippen LogP contribution in [0.4, 0.5) is 0 Å². The largest absolute Gasteiger partial charge is 0.508 e. The van der Waals surface area contributed by atoms with Gasteiger partial charge in [0.2, 0.25) is 0 Å². The molecule has 0 heterocycles. The van der Waals surface area contributed by atoms with Gasteiger partial charge in [-0.05, 0) is 60.8 Å². The first-order valence-electron chi connectivity index (χ1n) is 7.84. The minimum Gasteiger partial charge on any atom is -0.508 e. The molecular weight excluding hydrogens is 256 g/mol. The van der Waals surface area contributed by atoms with Gasteiger partial charge in [0.15, 0.2) is 0 Å². The molecule has 0 fully saturated rings. The Morgan fingerprint density at radius 2 is 1.33 bits per heavy atom. The zero-order valence-corrected chi connectivity index (χ0v) is 15.3. The van der Waals surface area contributed by atoms with Crippen molar-refractivity contribution in [3.05, 3.63) is 40.0 Å². The smallest absolute Gasteiger partial charge is 0.119 e. The molecule has 1 aromatic carbocycles. The Hall–Kier alpha value is -1.24. The van der Waals surface area contributed by atoms with E-state index in [1.54, 1.807) is 0 Å². The Kier molecular flexibility index (Phi) is 4.98. The number of phenolic OH excluding ortho intramolecular Hbond substituents is 1. The van der Waals surface area contributed by atoms with E-state index in [1.807, 2.05) is 6.07 Å². The molecule has 1 aromatic rings. The standard InChI is InChI=1S/C20H32O/c1-13(2)14(3)10-15-11-17(20(7,8)9)18(21)12-16(15)19(4,5)6/h11-12,21H,10H2,1-9H3. The van der Waals surface area contributed by atoms with Crippen molar-refractivity contribution in [2.45, 2.75) is 79.6 Å². The van der Waals surface area contributed by atoms with E-state index < -0.39 is 0 Å². The van der Waals surface area contributed by atoms with Crippen molar-refractivity contribution >= 4 is 0 Å². The van der Waals surface area contributed by atoms with E-state index in [0.29, 0.717) is 5.75 Å². The van der Waals surface area contributed by atoms with Crippen molar-refractivity contribution in [3.8, 4) is 5.75 Å². The van der Waals surface area contributed by atoms with Crippen LogP contribution in [0.5, 0.6) is 5.75 Å². The number of benzene rings is 1. The van der Waals surface area contributed by atoms with Crippen molar-refractivity contribution in [2.24, 2.45) is 0 Å². The maximum atomic E-state index is 10.4. The highest BCUT2D eigenvalue weighted by molar-refractivity contribution is 5.48. The molecule has 21 heavy (non-hydrogen) atoms. The van der Waals surface area contributed by atoms with Gasteiger partial charge in [0.05, 0.1) is 0 Å². The van der Waals surface area contributed by atoms with E-state index in [9.17, 15) is 5.11 Å². The van der Waals surface area contributed by atoms with Gasteiger partial charge in [0.25, 0.3) is 0 Å². The molecule has 0 amide bonds. The quantitative estimate of drug-likeness (QED) is 0.673. The Bertz CT molecular complexity index is 544. The van der Waals surface area contributed by atoms with Gasteiger partial charge in [-0.3, -0.25) is 0 Å². The summed E-state index contributed by atoms with van der Waals surface area (Å²) in [5, 5.41) is 10.4. The first-order valence-corrected chi connectivity index (χ1v) is 7.84. The van der Waals surface area contributed by atoms with Crippen molar-refractivity contribution in [3.63, 3.8) is 0 Å². The van der Waals surface area contributed by atoms with Crippen LogP contribution < -0.4 is 0 Å². The molecule has 1 heteroatoms. The molecule has 0 saturated heterocycles. The van der Waals surface area contributed by atoms with E-state index in [1.165, 1.54) is 22.3 Å². The van der Waals surface area contributed by atoms with E-state index in [4.69, 9.17) is 0 Å². The first-order chi connectivity index (χ1) is 9.34. The van der Waals surface area contributed by atoms with Gasteiger partial charge in [-0.2, -0.15) is 0 Å². The molecular formula is C20H32O. The minimum atomic E-state index is -0.0475. The molecule has 0 aliphatic carbocycles. The lowest BCUT2D eigenvalue weighted by Crippen LogP contribution is -2.18. The normalized spacial score (nSPS) is 12.4. The maximum Gasteiger partial charge on any atom is 0.119 e. The van der Waals surface area contributed by atoms with Crippen LogP contribution in [0.3, 0.4) is 0 Å². The molecule has 1 nitrogen and oxygen atoms in total. The highest BCUT2D eigenvalue weighted by Crippen LogP contribution is 2.38. The van der Waals surface area contributed by atoms with E-state index in [2.05, 4.69) is 68.4 Å². The summed E-state index contributed by atoms with van der Waals surface area (Å²) in [6.07, 6.45) is 0.957. The number of hydrogen-bond donors (Lipinski definition) is 1. The van der Waals surface area contributed by atoms with Crippen molar-refractivity contribution in [1.82, 2.24) is 0 Å². The van der Waals surface area contributed by atoms with Crippen LogP contribution in [0.1, 0.15) is 79.0 Å². The molecule has 0 aliphatic rings. The van der Waals surface area contributed by atoms with Gasteiger partial charge < -0.3 is 5.11 Å². The summed E-state index contributed by atoms with van der Waals surface area (Å²) in [6, 6.07) is 4.19. The third-order valence-electron chi connectivity index (χ3n) is 4.15. The average Bonchev–Trinajstić information content (AvgIpc) is 2.27. The molecule has 0 unspecified atom stereocenters. The average molecular weight is 288 g/mol. The van der Waals surface area contributed by atoms with Crippen LogP contribution in [-0.4, -0.2) is 5.11 Å². The fourth-order valence-corrected chi connectivity index (χ4v) is 2.54. The monoisotopic (exact) mass is 288 g/mol. The fraction of sp³-hybridized carbons (Fsp3) is 0.600. The zero-order valence-electron chi connectivity index (χ0n) is 15.3. The fourth-order valence-electron chi connectivity index (χ4n) is 2.54. The SMILES string of the molecule is CC(C)=C(C)Cc1cc(C(C)(C)C)c(O)cc1C(C)(C)C. The molecule has 0 radical (unpaired) electrons. The van der Waals surface area contributed by atoms with Crippen LogP contribution in [0.25, 0.3) is 0 Å². The molecule has 0 aliphatic heterocycles. The summed E-state index contributed by atoms with van der Waals surface area (Å²) < 4.78 is 0. The highest BCUT2D eigenvalue weighted by Gasteiger charge is 2.24. The molecule has 0 bridgehead atoms. The lowest BCUT2D eigenvalue weighted by atomic mass is 9.77. The summed E-state index contributed by atoms with van der Waals surface area (Å²) >= 11 is 0. The molecule has 1 rings (SSSR count). The van der Waals surface area contributed by atoms with E-state index >= 15 is 0 Å². The van der Waals surface area contributed by atoms with Crippen molar-refractivity contribution in [2.75, 3.05) is 0 Å². The van der Waals surface area contributed by atoms with Crippen LogP contribution >= 0.6 is 0 Å².